The standard InChI is InChI=1S/C18H13N3O4S2/c19-10-12-2-1-3-14(8-12)27(22,23)21-18-20-15(11-26-18)13-4-5-16-17(9-13)25-7-6-24-16/h1-5,8-9,11H,6-7H2,(H,20,21). The fourth-order valence-corrected chi connectivity index (χ4v) is 4.58. The highest BCUT2D eigenvalue weighted by Crippen LogP contribution is 2.35. The first-order chi connectivity index (χ1) is 13.0. The fraction of sp³-hybridized carbons (Fsp3) is 0.111. The van der Waals surface area contributed by atoms with Crippen molar-refractivity contribution in [2.75, 3.05) is 17.9 Å². The summed E-state index contributed by atoms with van der Waals surface area (Å²) in [6.07, 6.45) is 0. The molecule has 4 rings (SSSR count). The zero-order chi connectivity index (χ0) is 18.9. The molecule has 0 amide bonds. The Kier molecular flexibility index (Phi) is 4.43. The van der Waals surface area contributed by atoms with Gasteiger partial charge in [0.05, 0.1) is 22.2 Å². The molecule has 2 aromatic carbocycles. The number of hydrogen-bond donors (Lipinski definition) is 1. The molecule has 1 aliphatic heterocycles. The zero-order valence-electron chi connectivity index (χ0n) is 13.9. The van der Waals surface area contributed by atoms with Gasteiger partial charge in [0.2, 0.25) is 0 Å². The molecule has 0 fully saturated rings. The molecule has 1 N–H and O–H groups in total. The Morgan fingerprint density at radius 1 is 1.11 bits per heavy atom. The fourth-order valence-electron chi connectivity index (χ4n) is 2.56. The Bertz CT molecular complexity index is 1150. The van der Waals surface area contributed by atoms with Gasteiger partial charge in [0.1, 0.15) is 13.2 Å². The summed E-state index contributed by atoms with van der Waals surface area (Å²) in [7, 11) is -3.83. The lowest BCUT2D eigenvalue weighted by atomic mass is 10.1. The van der Waals surface area contributed by atoms with Crippen LogP contribution in [0.4, 0.5) is 5.13 Å². The van der Waals surface area contributed by atoms with E-state index in [-0.39, 0.29) is 15.6 Å². The SMILES string of the molecule is N#Cc1cccc(S(=O)(=O)Nc2nc(-c3ccc4c(c3)OCCO4)cs2)c1. The van der Waals surface area contributed by atoms with Gasteiger partial charge in [-0.05, 0) is 36.4 Å². The van der Waals surface area contributed by atoms with Crippen molar-refractivity contribution in [3.63, 3.8) is 0 Å². The zero-order valence-corrected chi connectivity index (χ0v) is 15.5. The predicted molar refractivity (Wildman–Crippen MR) is 101 cm³/mol. The normalized spacial score (nSPS) is 13.0. The topological polar surface area (TPSA) is 101 Å². The second-order valence-corrected chi connectivity index (χ2v) is 8.18. The summed E-state index contributed by atoms with van der Waals surface area (Å²) in [5.41, 5.74) is 1.70. The number of nitriles is 1. The van der Waals surface area contributed by atoms with E-state index in [1.165, 1.54) is 29.5 Å². The summed E-state index contributed by atoms with van der Waals surface area (Å²) >= 11 is 1.17. The first-order valence-electron chi connectivity index (χ1n) is 7.94. The monoisotopic (exact) mass is 399 g/mol. The molecule has 0 saturated carbocycles. The summed E-state index contributed by atoms with van der Waals surface area (Å²) in [6, 6.07) is 13.2. The summed E-state index contributed by atoms with van der Waals surface area (Å²) in [6.45, 7) is 1.00. The van der Waals surface area contributed by atoms with E-state index in [1.54, 1.807) is 17.5 Å². The van der Waals surface area contributed by atoms with Gasteiger partial charge in [-0.2, -0.15) is 5.26 Å². The Balaban J connectivity index is 1.58. The number of thiazole rings is 1. The van der Waals surface area contributed by atoms with Crippen LogP contribution in [-0.4, -0.2) is 26.6 Å². The number of benzene rings is 2. The first kappa shape index (κ1) is 17.3. The summed E-state index contributed by atoms with van der Waals surface area (Å²) in [5, 5.41) is 10.9. The molecule has 0 saturated heterocycles. The Morgan fingerprint density at radius 2 is 1.93 bits per heavy atom. The molecule has 1 aromatic heterocycles. The van der Waals surface area contributed by atoms with Gasteiger partial charge < -0.3 is 9.47 Å². The molecule has 0 bridgehead atoms. The number of aromatic nitrogens is 1. The third-order valence-electron chi connectivity index (χ3n) is 3.84. The Hall–Kier alpha value is -3.09. The molecule has 27 heavy (non-hydrogen) atoms. The maximum absolute atomic E-state index is 12.5. The molecular formula is C18H13N3O4S2. The van der Waals surface area contributed by atoms with Crippen molar-refractivity contribution in [2.45, 2.75) is 4.90 Å². The van der Waals surface area contributed by atoms with Crippen LogP contribution in [-0.2, 0) is 10.0 Å². The molecule has 9 heteroatoms. The number of rotatable bonds is 4. The van der Waals surface area contributed by atoms with Crippen molar-refractivity contribution in [1.82, 2.24) is 4.98 Å². The second kappa shape index (κ2) is 6.90. The Morgan fingerprint density at radius 3 is 2.74 bits per heavy atom. The van der Waals surface area contributed by atoms with Crippen molar-refractivity contribution < 1.29 is 17.9 Å². The van der Waals surface area contributed by atoms with E-state index in [9.17, 15) is 8.42 Å². The smallest absolute Gasteiger partial charge is 0.263 e. The minimum Gasteiger partial charge on any atom is -0.486 e. The van der Waals surface area contributed by atoms with Crippen molar-refractivity contribution in [3.8, 4) is 28.8 Å². The van der Waals surface area contributed by atoms with E-state index in [2.05, 4.69) is 9.71 Å². The average molecular weight is 399 g/mol. The predicted octanol–water partition coefficient (Wildman–Crippen LogP) is 3.25. The van der Waals surface area contributed by atoms with Crippen molar-refractivity contribution in [3.05, 3.63) is 53.4 Å². The molecule has 7 nitrogen and oxygen atoms in total. The van der Waals surface area contributed by atoms with Crippen LogP contribution >= 0.6 is 11.3 Å². The quantitative estimate of drug-likeness (QED) is 0.723. The van der Waals surface area contributed by atoms with Gasteiger partial charge in [0, 0.05) is 10.9 Å². The van der Waals surface area contributed by atoms with E-state index < -0.39 is 10.0 Å². The maximum atomic E-state index is 12.5. The molecule has 2 heterocycles. The average Bonchev–Trinajstić information content (AvgIpc) is 3.15. The van der Waals surface area contributed by atoms with E-state index in [4.69, 9.17) is 14.7 Å². The lowest BCUT2D eigenvalue weighted by molar-refractivity contribution is 0.171. The number of nitrogens with one attached hydrogen (secondary N) is 1. The Labute approximate surface area is 159 Å². The molecule has 0 aliphatic carbocycles. The summed E-state index contributed by atoms with van der Waals surface area (Å²) in [5.74, 6) is 1.32. The molecule has 3 aromatic rings. The highest BCUT2D eigenvalue weighted by molar-refractivity contribution is 7.93. The number of nitrogens with zero attached hydrogens (tertiary/aromatic N) is 2. The second-order valence-electron chi connectivity index (χ2n) is 5.64. The molecule has 0 atom stereocenters. The molecule has 0 unspecified atom stereocenters. The van der Waals surface area contributed by atoms with E-state index in [0.29, 0.717) is 30.4 Å². The molecular weight excluding hydrogens is 386 g/mol. The van der Waals surface area contributed by atoms with Crippen LogP contribution in [0.5, 0.6) is 11.5 Å². The van der Waals surface area contributed by atoms with Crippen LogP contribution in [0.3, 0.4) is 0 Å². The number of fused-ring (bicyclic) bond motifs is 1. The lowest BCUT2D eigenvalue weighted by Gasteiger charge is -2.18. The van der Waals surface area contributed by atoms with Crippen LogP contribution in [0.25, 0.3) is 11.3 Å². The van der Waals surface area contributed by atoms with Crippen LogP contribution in [0.1, 0.15) is 5.56 Å². The number of sulfonamides is 1. The van der Waals surface area contributed by atoms with Crippen LogP contribution in [0.15, 0.2) is 52.7 Å². The van der Waals surface area contributed by atoms with Crippen LogP contribution in [0.2, 0.25) is 0 Å². The summed E-state index contributed by atoms with van der Waals surface area (Å²) < 4.78 is 38.5. The number of anilines is 1. The third-order valence-corrected chi connectivity index (χ3v) is 6.06. The van der Waals surface area contributed by atoms with Gasteiger partial charge in [-0.1, -0.05) is 6.07 Å². The van der Waals surface area contributed by atoms with E-state index >= 15 is 0 Å². The van der Waals surface area contributed by atoms with Gasteiger partial charge >= 0.3 is 0 Å². The molecule has 0 spiro atoms. The largest absolute Gasteiger partial charge is 0.486 e. The van der Waals surface area contributed by atoms with E-state index in [1.807, 2.05) is 18.2 Å². The van der Waals surface area contributed by atoms with Gasteiger partial charge in [0.25, 0.3) is 10.0 Å². The lowest BCUT2D eigenvalue weighted by Crippen LogP contribution is -2.15. The van der Waals surface area contributed by atoms with Crippen LogP contribution in [0, 0.1) is 11.3 Å². The van der Waals surface area contributed by atoms with Gasteiger partial charge in [-0.3, -0.25) is 4.72 Å². The van der Waals surface area contributed by atoms with Gasteiger partial charge in [-0.15, -0.1) is 11.3 Å². The highest BCUT2D eigenvalue weighted by atomic mass is 32.2. The maximum Gasteiger partial charge on any atom is 0.263 e. The number of hydrogen-bond acceptors (Lipinski definition) is 7. The van der Waals surface area contributed by atoms with Gasteiger partial charge in [0.15, 0.2) is 16.6 Å². The summed E-state index contributed by atoms with van der Waals surface area (Å²) in [4.78, 5) is 4.36. The number of ether oxygens (including phenoxy) is 2. The molecule has 0 radical (unpaired) electrons. The first-order valence-corrected chi connectivity index (χ1v) is 10.3. The highest BCUT2D eigenvalue weighted by Gasteiger charge is 2.18. The minimum absolute atomic E-state index is 0.0117. The van der Waals surface area contributed by atoms with Crippen molar-refractivity contribution in [2.24, 2.45) is 0 Å². The molecule has 1 aliphatic rings. The van der Waals surface area contributed by atoms with E-state index in [0.717, 1.165) is 5.56 Å². The third kappa shape index (κ3) is 3.58. The van der Waals surface area contributed by atoms with Crippen LogP contribution < -0.4 is 14.2 Å². The minimum atomic E-state index is -3.83. The van der Waals surface area contributed by atoms with Gasteiger partial charge in [-0.25, -0.2) is 13.4 Å². The van der Waals surface area contributed by atoms with Crippen molar-refractivity contribution in [1.29, 1.82) is 5.26 Å². The molecule has 136 valence electrons. The van der Waals surface area contributed by atoms with Crippen molar-refractivity contribution >= 4 is 26.5 Å².